The largest absolute Gasteiger partial charge is 0.598 e. The van der Waals surface area contributed by atoms with Crippen molar-refractivity contribution in [3.8, 4) is 0 Å². The van der Waals surface area contributed by atoms with Crippen LogP contribution in [0.15, 0.2) is 52.3 Å². The van der Waals surface area contributed by atoms with Gasteiger partial charge < -0.3 is 9.66 Å². The van der Waals surface area contributed by atoms with Crippen LogP contribution >= 0.6 is 23.4 Å². The van der Waals surface area contributed by atoms with Gasteiger partial charge in [0.25, 0.3) is 0 Å². The molecule has 1 unspecified atom stereocenters. The molecule has 24 heavy (non-hydrogen) atoms. The molecule has 0 amide bonds. The Bertz CT molecular complexity index is 689. The summed E-state index contributed by atoms with van der Waals surface area (Å²) >= 11 is 6.76. The lowest BCUT2D eigenvalue weighted by molar-refractivity contribution is 0.279. The molecule has 1 atom stereocenters. The van der Waals surface area contributed by atoms with E-state index in [2.05, 4.69) is 4.72 Å². The third kappa shape index (κ3) is 5.15. The van der Waals surface area contributed by atoms with Gasteiger partial charge in [-0.15, -0.1) is 4.72 Å². The maximum absolute atomic E-state index is 12.2. The zero-order valence-corrected chi connectivity index (χ0v) is 16.4. The molecule has 0 aromatic heterocycles. The fraction of sp³-hybridized carbons (Fsp3) is 0.333. The molecule has 0 aliphatic rings. The lowest BCUT2D eigenvalue weighted by Gasteiger charge is -2.24. The molecule has 2 rings (SSSR count). The molecule has 0 saturated heterocycles. The number of halogens is 1. The Labute approximate surface area is 156 Å². The van der Waals surface area contributed by atoms with Crippen LogP contribution in [0, 0.1) is 0 Å². The molecule has 2 N–H and O–H groups in total. The Balaban J connectivity index is 2.23. The van der Waals surface area contributed by atoms with Gasteiger partial charge in [-0.25, -0.2) is 0 Å². The van der Waals surface area contributed by atoms with E-state index in [1.165, 1.54) is 0 Å². The first-order chi connectivity index (χ1) is 11.3. The van der Waals surface area contributed by atoms with E-state index in [1.807, 2.05) is 63.2 Å². The lowest BCUT2D eigenvalue weighted by Crippen LogP contribution is -2.39. The van der Waals surface area contributed by atoms with E-state index in [4.69, 9.17) is 11.6 Å². The molecule has 0 radical (unpaired) electrons. The van der Waals surface area contributed by atoms with Crippen LogP contribution in [0.4, 0.5) is 0 Å². The van der Waals surface area contributed by atoms with Crippen LogP contribution in [0.3, 0.4) is 0 Å². The topological polar surface area (TPSA) is 55.3 Å². The van der Waals surface area contributed by atoms with E-state index in [-0.39, 0.29) is 11.4 Å². The second-order valence-electron chi connectivity index (χ2n) is 6.29. The SMILES string of the molecule is CC(C)(C)[S+]([O-])NCc1c(Cl)cccc1Sc1ccccc1CO. The minimum atomic E-state index is -1.16. The molecule has 130 valence electrons. The maximum Gasteiger partial charge on any atom is 0.136 e. The van der Waals surface area contributed by atoms with Gasteiger partial charge in [-0.3, -0.25) is 0 Å². The first kappa shape index (κ1) is 19.6. The zero-order valence-electron chi connectivity index (χ0n) is 14.0. The van der Waals surface area contributed by atoms with Crippen LogP contribution in [0.2, 0.25) is 5.02 Å². The maximum atomic E-state index is 12.2. The quantitative estimate of drug-likeness (QED) is 0.719. The second-order valence-corrected chi connectivity index (χ2v) is 9.83. The summed E-state index contributed by atoms with van der Waals surface area (Å²) in [6, 6.07) is 13.4. The summed E-state index contributed by atoms with van der Waals surface area (Å²) in [7, 11) is 0. The monoisotopic (exact) mass is 383 g/mol. The number of hydrogen-bond acceptors (Lipinski definition) is 4. The highest BCUT2D eigenvalue weighted by Gasteiger charge is 2.26. The Hall–Kier alpha value is -0.690. The van der Waals surface area contributed by atoms with Crippen LogP contribution in [0.1, 0.15) is 31.9 Å². The van der Waals surface area contributed by atoms with E-state index < -0.39 is 11.4 Å². The molecule has 0 saturated carbocycles. The summed E-state index contributed by atoms with van der Waals surface area (Å²) in [4.78, 5) is 1.97. The molecule has 3 nitrogen and oxygen atoms in total. The minimum Gasteiger partial charge on any atom is -0.598 e. The molecule has 2 aromatic carbocycles. The third-order valence-corrected chi connectivity index (χ3v) is 6.47. The van der Waals surface area contributed by atoms with Crippen LogP contribution in [-0.2, 0) is 24.5 Å². The first-order valence-corrected chi connectivity index (χ1v) is 9.96. The molecule has 0 bridgehead atoms. The number of nitrogens with one attached hydrogen (secondary N) is 1. The number of benzene rings is 2. The van der Waals surface area contributed by atoms with E-state index >= 15 is 0 Å². The van der Waals surface area contributed by atoms with Crippen molar-refractivity contribution in [1.82, 2.24) is 4.72 Å². The van der Waals surface area contributed by atoms with Crippen LogP contribution < -0.4 is 4.72 Å². The minimum absolute atomic E-state index is 0.00857. The molecule has 0 heterocycles. The van der Waals surface area contributed by atoms with Crippen LogP contribution in [-0.4, -0.2) is 14.4 Å². The van der Waals surface area contributed by atoms with Crippen LogP contribution in [0.5, 0.6) is 0 Å². The van der Waals surface area contributed by atoms with Gasteiger partial charge in [-0.2, -0.15) is 0 Å². The average Bonchev–Trinajstić information content (AvgIpc) is 2.53. The molecule has 0 aliphatic carbocycles. The van der Waals surface area contributed by atoms with Crippen molar-refractivity contribution in [2.45, 2.75) is 48.5 Å². The number of aliphatic hydroxyl groups excluding tert-OH is 1. The van der Waals surface area contributed by atoms with Crippen molar-refractivity contribution in [2.75, 3.05) is 0 Å². The lowest BCUT2D eigenvalue weighted by atomic mass is 10.2. The predicted molar refractivity (Wildman–Crippen MR) is 103 cm³/mol. The molecule has 0 fully saturated rings. The number of aliphatic hydroxyl groups is 1. The van der Waals surface area contributed by atoms with E-state index in [0.717, 1.165) is 20.9 Å². The normalized spacial score (nSPS) is 13.1. The fourth-order valence-corrected chi connectivity index (χ4v) is 4.12. The van der Waals surface area contributed by atoms with Gasteiger partial charge in [0.15, 0.2) is 0 Å². The summed E-state index contributed by atoms with van der Waals surface area (Å²) in [6.45, 7) is 6.19. The van der Waals surface area contributed by atoms with Gasteiger partial charge in [0.2, 0.25) is 0 Å². The summed E-state index contributed by atoms with van der Waals surface area (Å²) in [6.07, 6.45) is 0. The highest BCUT2D eigenvalue weighted by molar-refractivity contribution is 7.99. The molecule has 0 spiro atoms. The summed E-state index contributed by atoms with van der Waals surface area (Å²) in [5, 5.41) is 10.1. The van der Waals surface area contributed by atoms with E-state index in [1.54, 1.807) is 11.8 Å². The summed E-state index contributed by atoms with van der Waals surface area (Å²) in [5.74, 6) is 0. The van der Waals surface area contributed by atoms with Gasteiger partial charge in [0.1, 0.15) is 4.75 Å². The van der Waals surface area contributed by atoms with Crippen LogP contribution in [0.25, 0.3) is 0 Å². The van der Waals surface area contributed by atoms with E-state index in [9.17, 15) is 9.66 Å². The number of hydrogen-bond donors (Lipinski definition) is 2. The summed E-state index contributed by atoms with van der Waals surface area (Å²) < 4.78 is 15.0. The highest BCUT2D eigenvalue weighted by atomic mass is 35.5. The van der Waals surface area contributed by atoms with Crippen molar-refractivity contribution in [3.63, 3.8) is 0 Å². The standard InChI is InChI=1S/C18H22ClNO2S2/c1-18(2,3)24(22)20-11-14-15(19)8-6-10-17(14)23-16-9-5-4-7-13(16)12-21/h4-10,20-21H,11-12H2,1-3H3. The van der Waals surface area contributed by atoms with Crippen molar-refractivity contribution >= 4 is 34.7 Å². The Kier molecular flexibility index (Phi) is 7.04. The third-order valence-electron chi connectivity index (χ3n) is 3.37. The van der Waals surface area contributed by atoms with Crippen molar-refractivity contribution in [1.29, 1.82) is 0 Å². The molecular formula is C18H22ClNO2S2. The molecule has 6 heteroatoms. The molecular weight excluding hydrogens is 362 g/mol. The number of rotatable bonds is 6. The van der Waals surface area contributed by atoms with Crippen molar-refractivity contribution in [2.24, 2.45) is 0 Å². The van der Waals surface area contributed by atoms with E-state index in [0.29, 0.717) is 11.6 Å². The van der Waals surface area contributed by atoms with Crippen molar-refractivity contribution < 1.29 is 9.66 Å². The second kappa shape index (κ2) is 8.61. The van der Waals surface area contributed by atoms with Crippen molar-refractivity contribution in [3.05, 3.63) is 58.6 Å². The van der Waals surface area contributed by atoms with Gasteiger partial charge >= 0.3 is 0 Å². The van der Waals surface area contributed by atoms with Gasteiger partial charge in [-0.05, 0) is 44.5 Å². The molecule has 2 aromatic rings. The average molecular weight is 384 g/mol. The van der Waals surface area contributed by atoms with Gasteiger partial charge in [-0.1, -0.05) is 47.6 Å². The zero-order chi connectivity index (χ0) is 17.7. The Morgan fingerprint density at radius 1 is 1.12 bits per heavy atom. The smallest absolute Gasteiger partial charge is 0.136 e. The Morgan fingerprint density at radius 2 is 1.79 bits per heavy atom. The summed E-state index contributed by atoms with van der Waals surface area (Å²) in [5.41, 5.74) is 1.79. The highest BCUT2D eigenvalue weighted by Crippen LogP contribution is 2.35. The van der Waals surface area contributed by atoms with Gasteiger partial charge in [0, 0.05) is 31.7 Å². The fourth-order valence-electron chi connectivity index (χ4n) is 2.01. The Morgan fingerprint density at radius 3 is 2.46 bits per heavy atom. The first-order valence-electron chi connectivity index (χ1n) is 7.62. The molecule has 0 aliphatic heterocycles. The predicted octanol–water partition coefficient (Wildman–Crippen LogP) is 4.54. The van der Waals surface area contributed by atoms with Gasteiger partial charge in [0.05, 0.1) is 13.2 Å².